The van der Waals surface area contributed by atoms with E-state index >= 15 is 0 Å². The summed E-state index contributed by atoms with van der Waals surface area (Å²) in [6, 6.07) is 4.60. The number of nitrogens with two attached hydrogens (primary N) is 1. The molecule has 1 atom stereocenters. The molecule has 1 unspecified atom stereocenters. The Morgan fingerprint density at radius 2 is 2.32 bits per heavy atom. The molecular formula is C12H15N5O2. The first-order chi connectivity index (χ1) is 9.11. The maximum absolute atomic E-state index is 12.0. The fourth-order valence-corrected chi connectivity index (χ4v) is 1.57. The van der Waals surface area contributed by atoms with Crippen molar-refractivity contribution in [3.8, 4) is 5.75 Å². The highest BCUT2D eigenvalue weighted by Crippen LogP contribution is 2.25. The van der Waals surface area contributed by atoms with Crippen molar-refractivity contribution in [1.29, 1.82) is 0 Å². The number of benzene rings is 1. The summed E-state index contributed by atoms with van der Waals surface area (Å²) >= 11 is 0. The Morgan fingerprint density at radius 1 is 1.53 bits per heavy atom. The number of nitrogens with zero attached hydrogens (tertiary/aromatic N) is 3. The zero-order chi connectivity index (χ0) is 13.8. The zero-order valence-corrected chi connectivity index (χ0v) is 10.7. The van der Waals surface area contributed by atoms with Crippen LogP contribution >= 0.6 is 0 Å². The second-order valence-corrected chi connectivity index (χ2v) is 4.00. The summed E-state index contributed by atoms with van der Waals surface area (Å²) in [5.74, 6) is 0.323. The van der Waals surface area contributed by atoms with Crippen molar-refractivity contribution < 1.29 is 9.53 Å². The fourth-order valence-electron chi connectivity index (χ4n) is 1.57. The molecule has 0 fully saturated rings. The lowest BCUT2D eigenvalue weighted by atomic mass is 10.2. The molecular weight excluding hydrogens is 246 g/mol. The van der Waals surface area contributed by atoms with Crippen molar-refractivity contribution in [3.05, 3.63) is 30.9 Å². The van der Waals surface area contributed by atoms with Crippen molar-refractivity contribution in [3.63, 3.8) is 0 Å². The Labute approximate surface area is 110 Å². The maximum atomic E-state index is 12.0. The normalized spacial score (nSPS) is 11.9. The Kier molecular flexibility index (Phi) is 3.65. The molecule has 0 aliphatic heterocycles. The highest BCUT2D eigenvalue weighted by molar-refractivity contribution is 5.93. The molecule has 0 saturated carbocycles. The summed E-state index contributed by atoms with van der Waals surface area (Å²) in [6.07, 6.45) is 2.88. The quantitative estimate of drug-likeness (QED) is 0.803. The van der Waals surface area contributed by atoms with Crippen LogP contribution in [-0.4, -0.2) is 27.8 Å². The van der Waals surface area contributed by atoms with Gasteiger partial charge in [0.2, 0.25) is 5.91 Å². The van der Waals surface area contributed by atoms with Crippen LogP contribution in [0.2, 0.25) is 0 Å². The van der Waals surface area contributed by atoms with Crippen molar-refractivity contribution in [2.45, 2.75) is 13.0 Å². The van der Waals surface area contributed by atoms with Crippen molar-refractivity contribution in [1.82, 2.24) is 14.8 Å². The van der Waals surface area contributed by atoms with Crippen molar-refractivity contribution in [2.24, 2.45) is 0 Å². The number of hydrogen-bond donors (Lipinski definition) is 2. The Hall–Kier alpha value is -2.57. The predicted molar refractivity (Wildman–Crippen MR) is 70.8 cm³/mol. The SMILES string of the molecule is COc1cc(NC(=O)C(C)n2cncn2)ccc1N. The van der Waals surface area contributed by atoms with Gasteiger partial charge < -0.3 is 15.8 Å². The van der Waals surface area contributed by atoms with Crippen LogP contribution in [0.4, 0.5) is 11.4 Å². The molecule has 1 aromatic heterocycles. The maximum Gasteiger partial charge on any atom is 0.249 e. The van der Waals surface area contributed by atoms with E-state index in [9.17, 15) is 4.79 Å². The smallest absolute Gasteiger partial charge is 0.249 e. The van der Waals surface area contributed by atoms with Gasteiger partial charge in [0.25, 0.3) is 0 Å². The van der Waals surface area contributed by atoms with Crippen LogP contribution in [0.3, 0.4) is 0 Å². The molecule has 0 spiro atoms. The number of amides is 1. The molecule has 1 aromatic carbocycles. The largest absolute Gasteiger partial charge is 0.495 e. The van der Waals surface area contributed by atoms with Crippen LogP contribution in [0, 0.1) is 0 Å². The summed E-state index contributed by atoms with van der Waals surface area (Å²) < 4.78 is 6.57. The minimum Gasteiger partial charge on any atom is -0.495 e. The molecule has 0 aliphatic rings. The van der Waals surface area contributed by atoms with E-state index in [1.165, 1.54) is 24.4 Å². The van der Waals surface area contributed by atoms with E-state index in [0.29, 0.717) is 17.1 Å². The first-order valence-electron chi connectivity index (χ1n) is 5.70. The summed E-state index contributed by atoms with van der Waals surface area (Å²) in [7, 11) is 1.52. The zero-order valence-electron chi connectivity index (χ0n) is 10.7. The third-order valence-corrected chi connectivity index (χ3v) is 2.71. The number of rotatable bonds is 4. The van der Waals surface area contributed by atoms with E-state index in [1.807, 2.05) is 0 Å². The van der Waals surface area contributed by atoms with Gasteiger partial charge in [-0.2, -0.15) is 5.10 Å². The minimum absolute atomic E-state index is 0.197. The predicted octanol–water partition coefficient (Wildman–Crippen LogP) is 1.07. The van der Waals surface area contributed by atoms with Gasteiger partial charge in [0.05, 0.1) is 12.8 Å². The molecule has 7 heteroatoms. The van der Waals surface area contributed by atoms with Gasteiger partial charge in [0.15, 0.2) is 0 Å². The summed E-state index contributed by atoms with van der Waals surface area (Å²) in [5.41, 5.74) is 6.84. The summed E-state index contributed by atoms with van der Waals surface area (Å²) in [4.78, 5) is 15.8. The van der Waals surface area contributed by atoms with Crippen LogP contribution in [0.25, 0.3) is 0 Å². The summed E-state index contributed by atoms with van der Waals surface area (Å²) in [5, 5.41) is 6.70. The van der Waals surface area contributed by atoms with Crippen molar-refractivity contribution >= 4 is 17.3 Å². The number of methoxy groups -OCH3 is 1. The first kappa shape index (κ1) is 12.9. The number of hydrogen-bond acceptors (Lipinski definition) is 5. The van der Waals surface area contributed by atoms with Crippen LogP contribution in [-0.2, 0) is 4.79 Å². The Balaban J connectivity index is 2.11. The topological polar surface area (TPSA) is 95.1 Å². The number of anilines is 2. The highest BCUT2D eigenvalue weighted by atomic mass is 16.5. The molecule has 7 nitrogen and oxygen atoms in total. The lowest BCUT2D eigenvalue weighted by Gasteiger charge is -2.13. The molecule has 1 heterocycles. The van der Waals surface area contributed by atoms with Gasteiger partial charge in [-0.25, -0.2) is 9.67 Å². The molecule has 2 aromatic rings. The first-order valence-corrected chi connectivity index (χ1v) is 5.70. The second-order valence-electron chi connectivity index (χ2n) is 4.00. The van der Waals surface area contributed by atoms with Gasteiger partial charge in [-0.15, -0.1) is 0 Å². The summed E-state index contributed by atoms with van der Waals surface area (Å²) in [6.45, 7) is 1.73. The molecule has 2 rings (SSSR count). The van der Waals surface area contributed by atoms with Gasteiger partial charge in [0.1, 0.15) is 24.4 Å². The lowest BCUT2D eigenvalue weighted by Crippen LogP contribution is -2.24. The Morgan fingerprint density at radius 3 is 2.95 bits per heavy atom. The van der Waals surface area contributed by atoms with Crippen LogP contribution in [0.5, 0.6) is 5.75 Å². The fraction of sp³-hybridized carbons (Fsp3) is 0.250. The third kappa shape index (κ3) is 2.82. The second kappa shape index (κ2) is 5.38. The molecule has 19 heavy (non-hydrogen) atoms. The van der Waals surface area contributed by atoms with Gasteiger partial charge in [-0.05, 0) is 19.1 Å². The standard InChI is InChI=1S/C12H15N5O2/c1-8(17-7-14-6-15-17)12(18)16-9-3-4-10(13)11(5-9)19-2/h3-8H,13H2,1-2H3,(H,16,18). The average Bonchev–Trinajstić information content (AvgIpc) is 2.94. The molecule has 1 amide bonds. The number of carbonyl (C=O) groups is 1. The van der Waals surface area contributed by atoms with Crippen molar-refractivity contribution in [2.75, 3.05) is 18.2 Å². The number of ether oxygens (including phenoxy) is 1. The van der Waals surface area contributed by atoms with E-state index in [0.717, 1.165) is 0 Å². The molecule has 0 saturated heterocycles. The van der Waals surface area contributed by atoms with Crippen LogP contribution in [0.15, 0.2) is 30.9 Å². The highest BCUT2D eigenvalue weighted by Gasteiger charge is 2.15. The van der Waals surface area contributed by atoms with Gasteiger partial charge >= 0.3 is 0 Å². The minimum atomic E-state index is -0.453. The van der Waals surface area contributed by atoms with E-state index in [1.54, 1.807) is 25.1 Å². The number of aromatic nitrogens is 3. The van der Waals surface area contributed by atoms with Gasteiger partial charge in [0, 0.05) is 11.8 Å². The Bertz CT molecular complexity index is 568. The van der Waals surface area contributed by atoms with Crippen LogP contribution < -0.4 is 15.8 Å². The van der Waals surface area contributed by atoms with E-state index < -0.39 is 6.04 Å². The van der Waals surface area contributed by atoms with Gasteiger partial charge in [-0.1, -0.05) is 0 Å². The molecule has 0 aliphatic carbocycles. The molecule has 0 radical (unpaired) electrons. The van der Waals surface area contributed by atoms with E-state index in [2.05, 4.69) is 15.4 Å². The molecule has 3 N–H and O–H groups in total. The number of nitrogens with one attached hydrogen (secondary N) is 1. The molecule has 100 valence electrons. The van der Waals surface area contributed by atoms with Crippen LogP contribution in [0.1, 0.15) is 13.0 Å². The lowest BCUT2D eigenvalue weighted by molar-refractivity contribution is -0.119. The monoisotopic (exact) mass is 261 g/mol. The van der Waals surface area contributed by atoms with E-state index in [-0.39, 0.29) is 5.91 Å². The van der Waals surface area contributed by atoms with E-state index in [4.69, 9.17) is 10.5 Å². The average molecular weight is 261 g/mol. The number of carbonyl (C=O) groups excluding carboxylic acids is 1. The third-order valence-electron chi connectivity index (χ3n) is 2.71. The molecule has 0 bridgehead atoms. The van der Waals surface area contributed by atoms with Gasteiger partial charge in [-0.3, -0.25) is 4.79 Å². The number of nitrogen functional groups attached to an aromatic ring is 1.